The molecule has 2 aliphatic rings. The zero-order valence-electron chi connectivity index (χ0n) is 13.6. The molecule has 2 fully saturated rings. The van der Waals surface area contributed by atoms with E-state index in [4.69, 9.17) is 5.73 Å². The van der Waals surface area contributed by atoms with Crippen molar-refractivity contribution in [3.05, 3.63) is 0 Å². The van der Waals surface area contributed by atoms with Crippen LogP contribution in [-0.2, 0) is 4.79 Å². The Morgan fingerprint density at radius 1 is 1.38 bits per heavy atom. The molecule has 3 unspecified atom stereocenters. The van der Waals surface area contributed by atoms with Crippen LogP contribution in [0.1, 0.15) is 46.0 Å². The second kappa shape index (κ2) is 7.07. The van der Waals surface area contributed by atoms with Gasteiger partial charge in [-0.25, -0.2) is 0 Å². The van der Waals surface area contributed by atoms with Crippen molar-refractivity contribution in [3.8, 4) is 0 Å². The van der Waals surface area contributed by atoms with Crippen molar-refractivity contribution >= 4 is 5.97 Å². The predicted octanol–water partition coefficient (Wildman–Crippen LogP) is 1.37. The predicted molar refractivity (Wildman–Crippen MR) is 84.3 cm³/mol. The van der Waals surface area contributed by atoms with E-state index in [-0.39, 0.29) is 5.92 Å². The van der Waals surface area contributed by atoms with Crippen molar-refractivity contribution in [2.24, 2.45) is 11.7 Å². The summed E-state index contributed by atoms with van der Waals surface area (Å²) in [6, 6.07) is 0.672. The fourth-order valence-electron chi connectivity index (χ4n) is 4.18. The number of hydrogen-bond acceptors (Lipinski definition) is 4. The maximum Gasteiger partial charge on any atom is 0.323 e. The summed E-state index contributed by atoms with van der Waals surface area (Å²) in [5.41, 5.74) is 5.15. The van der Waals surface area contributed by atoms with Gasteiger partial charge in [-0.1, -0.05) is 20.3 Å². The largest absolute Gasteiger partial charge is 0.480 e. The normalized spacial score (nSPS) is 33.9. The maximum atomic E-state index is 11.4. The van der Waals surface area contributed by atoms with Crippen LogP contribution >= 0.6 is 0 Å². The van der Waals surface area contributed by atoms with Crippen LogP contribution in [0.2, 0.25) is 0 Å². The van der Waals surface area contributed by atoms with Crippen LogP contribution in [0.25, 0.3) is 0 Å². The molecular weight excluding hydrogens is 266 g/mol. The van der Waals surface area contributed by atoms with E-state index in [0.29, 0.717) is 12.5 Å². The highest BCUT2D eigenvalue weighted by atomic mass is 16.4. The molecule has 0 amide bonds. The molecule has 0 aromatic carbocycles. The van der Waals surface area contributed by atoms with Crippen LogP contribution in [0.4, 0.5) is 0 Å². The number of carboxylic acid groups (broad SMARTS) is 1. The van der Waals surface area contributed by atoms with Crippen molar-refractivity contribution in [2.45, 2.75) is 57.5 Å². The van der Waals surface area contributed by atoms with E-state index in [9.17, 15) is 9.90 Å². The number of aliphatic carboxylic acids is 1. The number of nitrogens with zero attached hydrogens (tertiary/aromatic N) is 2. The number of hydrogen-bond donors (Lipinski definition) is 2. The first kappa shape index (κ1) is 16.7. The van der Waals surface area contributed by atoms with Gasteiger partial charge >= 0.3 is 5.97 Å². The molecule has 0 aromatic heterocycles. The molecule has 1 saturated carbocycles. The second-order valence-electron chi connectivity index (χ2n) is 6.69. The van der Waals surface area contributed by atoms with Gasteiger partial charge in [0, 0.05) is 12.6 Å². The third-order valence-electron chi connectivity index (χ3n) is 5.64. The molecular formula is C16H31N3O2. The van der Waals surface area contributed by atoms with Gasteiger partial charge in [0.25, 0.3) is 0 Å². The number of rotatable bonds is 7. The lowest BCUT2D eigenvalue weighted by Gasteiger charge is -2.29. The molecule has 0 spiro atoms. The number of carbonyl (C=O) groups is 1. The first-order chi connectivity index (χ1) is 10.0. The van der Waals surface area contributed by atoms with Crippen molar-refractivity contribution < 1.29 is 9.90 Å². The highest BCUT2D eigenvalue weighted by Crippen LogP contribution is 2.36. The van der Waals surface area contributed by atoms with Gasteiger partial charge in [-0.2, -0.15) is 0 Å². The molecule has 1 saturated heterocycles. The first-order valence-corrected chi connectivity index (χ1v) is 8.50. The van der Waals surface area contributed by atoms with Gasteiger partial charge in [0.15, 0.2) is 0 Å². The lowest BCUT2D eigenvalue weighted by Crippen LogP contribution is -2.51. The number of likely N-dealkylation sites (N-methyl/N-ethyl adjacent to an activating group) is 1. The Balaban J connectivity index is 1.81. The van der Waals surface area contributed by atoms with Gasteiger partial charge in [-0.3, -0.25) is 9.69 Å². The fourth-order valence-corrected chi connectivity index (χ4v) is 4.18. The van der Waals surface area contributed by atoms with E-state index >= 15 is 0 Å². The Morgan fingerprint density at radius 2 is 2.10 bits per heavy atom. The summed E-state index contributed by atoms with van der Waals surface area (Å²) in [6.45, 7) is 9.93. The molecule has 122 valence electrons. The van der Waals surface area contributed by atoms with Gasteiger partial charge in [-0.15, -0.1) is 0 Å². The quantitative estimate of drug-likeness (QED) is 0.743. The van der Waals surface area contributed by atoms with Crippen LogP contribution in [0.15, 0.2) is 0 Å². The van der Waals surface area contributed by atoms with Crippen molar-refractivity contribution in [1.82, 2.24) is 9.80 Å². The Kier molecular flexibility index (Phi) is 5.63. The summed E-state index contributed by atoms with van der Waals surface area (Å²) >= 11 is 0. The SMILES string of the molecule is CCN(CC)C1CCN(CCC2CCCC2(N)C(=O)O)C1. The molecule has 0 aromatic rings. The smallest absolute Gasteiger partial charge is 0.323 e. The molecule has 1 aliphatic heterocycles. The summed E-state index contributed by atoms with van der Waals surface area (Å²) in [6.07, 6.45) is 4.72. The molecule has 0 radical (unpaired) electrons. The lowest BCUT2D eigenvalue weighted by molar-refractivity contribution is -0.144. The van der Waals surface area contributed by atoms with E-state index in [0.717, 1.165) is 52.0 Å². The zero-order chi connectivity index (χ0) is 15.5. The van der Waals surface area contributed by atoms with Crippen molar-refractivity contribution in [3.63, 3.8) is 0 Å². The highest BCUT2D eigenvalue weighted by Gasteiger charge is 2.45. The van der Waals surface area contributed by atoms with E-state index < -0.39 is 11.5 Å². The summed E-state index contributed by atoms with van der Waals surface area (Å²) in [4.78, 5) is 16.4. The minimum atomic E-state index is -0.974. The van der Waals surface area contributed by atoms with Gasteiger partial charge in [0.05, 0.1) is 0 Å². The summed E-state index contributed by atoms with van der Waals surface area (Å²) in [5.74, 6) is -0.671. The fraction of sp³-hybridized carbons (Fsp3) is 0.938. The van der Waals surface area contributed by atoms with E-state index in [2.05, 4.69) is 23.6 Å². The molecule has 5 nitrogen and oxygen atoms in total. The molecule has 2 rings (SSSR count). The average molecular weight is 297 g/mol. The summed E-state index contributed by atoms with van der Waals surface area (Å²) < 4.78 is 0. The topological polar surface area (TPSA) is 69.8 Å². The molecule has 3 atom stereocenters. The number of nitrogens with two attached hydrogens (primary N) is 1. The molecule has 1 heterocycles. The van der Waals surface area contributed by atoms with E-state index in [1.54, 1.807) is 0 Å². The van der Waals surface area contributed by atoms with Crippen LogP contribution in [-0.4, -0.2) is 65.2 Å². The Hall–Kier alpha value is -0.650. The number of carboxylic acids is 1. The maximum absolute atomic E-state index is 11.4. The Morgan fingerprint density at radius 3 is 2.71 bits per heavy atom. The minimum Gasteiger partial charge on any atom is -0.480 e. The highest BCUT2D eigenvalue weighted by molar-refractivity contribution is 5.79. The first-order valence-electron chi connectivity index (χ1n) is 8.50. The molecule has 3 N–H and O–H groups in total. The van der Waals surface area contributed by atoms with Crippen LogP contribution in [0, 0.1) is 5.92 Å². The van der Waals surface area contributed by atoms with Gasteiger partial charge < -0.3 is 15.7 Å². The van der Waals surface area contributed by atoms with Crippen molar-refractivity contribution in [2.75, 3.05) is 32.7 Å². The molecule has 5 heteroatoms. The average Bonchev–Trinajstić information content (AvgIpc) is 3.06. The summed E-state index contributed by atoms with van der Waals surface area (Å²) in [7, 11) is 0. The monoisotopic (exact) mass is 297 g/mol. The Labute approximate surface area is 128 Å². The standard InChI is InChI=1S/C16H31N3O2/c1-3-19(4-2)14-8-11-18(12-14)10-7-13-6-5-9-16(13,17)15(20)21/h13-14H,3-12,17H2,1-2H3,(H,20,21). The third kappa shape index (κ3) is 3.58. The molecule has 1 aliphatic carbocycles. The van der Waals surface area contributed by atoms with Gasteiger partial charge in [0.1, 0.15) is 5.54 Å². The van der Waals surface area contributed by atoms with Crippen LogP contribution in [0.5, 0.6) is 0 Å². The number of likely N-dealkylation sites (tertiary alicyclic amines) is 1. The zero-order valence-corrected chi connectivity index (χ0v) is 13.6. The van der Waals surface area contributed by atoms with Crippen molar-refractivity contribution in [1.29, 1.82) is 0 Å². The van der Waals surface area contributed by atoms with Gasteiger partial charge in [-0.05, 0) is 57.8 Å². The van der Waals surface area contributed by atoms with Crippen LogP contribution in [0.3, 0.4) is 0 Å². The molecule has 21 heavy (non-hydrogen) atoms. The van der Waals surface area contributed by atoms with E-state index in [1.807, 2.05) is 0 Å². The Bertz CT molecular complexity index is 359. The summed E-state index contributed by atoms with van der Waals surface area (Å²) in [5, 5.41) is 9.37. The second-order valence-corrected chi connectivity index (χ2v) is 6.69. The van der Waals surface area contributed by atoms with Gasteiger partial charge in [0.2, 0.25) is 0 Å². The minimum absolute atomic E-state index is 0.141. The third-order valence-corrected chi connectivity index (χ3v) is 5.64. The lowest BCUT2D eigenvalue weighted by atomic mass is 9.85. The van der Waals surface area contributed by atoms with E-state index in [1.165, 1.54) is 6.42 Å². The molecule has 0 bridgehead atoms. The van der Waals surface area contributed by atoms with Crippen LogP contribution < -0.4 is 5.73 Å².